The SMILES string of the molecule is FC1(F)CCN(Cc2c(Br)cccc2OCc2ccccc2)CC1. The molecule has 0 N–H and O–H groups in total. The summed E-state index contributed by atoms with van der Waals surface area (Å²) in [6.07, 6.45) is -0.144. The maximum Gasteiger partial charge on any atom is 0.250 e. The number of benzene rings is 2. The fraction of sp³-hybridized carbons (Fsp3) is 0.368. The number of halogens is 3. The molecule has 0 unspecified atom stereocenters. The van der Waals surface area contributed by atoms with Gasteiger partial charge in [0.2, 0.25) is 0 Å². The monoisotopic (exact) mass is 395 g/mol. The van der Waals surface area contributed by atoms with Crippen LogP contribution in [0.5, 0.6) is 5.75 Å². The second-order valence-corrected chi connectivity index (χ2v) is 6.98. The molecule has 0 aliphatic carbocycles. The van der Waals surface area contributed by atoms with Crippen molar-refractivity contribution >= 4 is 15.9 Å². The lowest BCUT2D eigenvalue weighted by Gasteiger charge is -2.32. The standard InChI is InChI=1S/C19H20BrF2NO/c20-17-7-4-8-18(24-14-15-5-2-1-3-6-15)16(17)13-23-11-9-19(21,22)10-12-23/h1-8H,9-14H2. The van der Waals surface area contributed by atoms with E-state index >= 15 is 0 Å². The average molecular weight is 396 g/mol. The van der Waals surface area contributed by atoms with E-state index in [0.29, 0.717) is 26.2 Å². The molecule has 0 aromatic heterocycles. The summed E-state index contributed by atoms with van der Waals surface area (Å²) in [4.78, 5) is 2.06. The molecule has 2 aromatic rings. The molecular weight excluding hydrogens is 376 g/mol. The summed E-state index contributed by atoms with van der Waals surface area (Å²) in [6, 6.07) is 15.8. The number of nitrogens with zero attached hydrogens (tertiary/aromatic N) is 1. The maximum atomic E-state index is 13.3. The van der Waals surface area contributed by atoms with Crippen LogP contribution in [0.2, 0.25) is 0 Å². The Hall–Kier alpha value is -1.46. The Morgan fingerprint density at radius 2 is 1.71 bits per heavy atom. The highest BCUT2D eigenvalue weighted by Gasteiger charge is 2.34. The van der Waals surface area contributed by atoms with Gasteiger partial charge in [0.15, 0.2) is 0 Å². The lowest BCUT2D eigenvalue weighted by molar-refractivity contribution is -0.0567. The second kappa shape index (κ2) is 7.62. The van der Waals surface area contributed by atoms with Crippen molar-refractivity contribution in [1.82, 2.24) is 4.90 Å². The van der Waals surface area contributed by atoms with Gasteiger partial charge in [0.1, 0.15) is 12.4 Å². The van der Waals surface area contributed by atoms with E-state index in [4.69, 9.17) is 4.74 Å². The maximum absolute atomic E-state index is 13.3. The summed E-state index contributed by atoms with van der Waals surface area (Å²) in [6.45, 7) is 1.92. The zero-order valence-corrected chi connectivity index (χ0v) is 14.9. The van der Waals surface area contributed by atoms with E-state index in [-0.39, 0.29) is 12.8 Å². The molecule has 1 aliphatic heterocycles. The summed E-state index contributed by atoms with van der Waals surface area (Å²) in [5.74, 6) is -1.72. The van der Waals surface area contributed by atoms with Crippen LogP contribution in [-0.2, 0) is 13.2 Å². The van der Waals surface area contributed by atoms with Crippen LogP contribution < -0.4 is 4.74 Å². The lowest BCUT2D eigenvalue weighted by atomic mass is 10.1. The highest BCUT2D eigenvalue weighted by molar-refractivity contribution is 9.10. The van der Waals surface area contributed by atoms with Crippen molar-refractivity contribution in [2.75, 3.05) is 13.1 Å². The van der Waals surface area contributed by atoms with Gasteiger partial charge in [-0.15, -0.1) is 0 Å². The van der Waals surface area contributed by atoms with Crippen molar-refractivity contribution in [3.63, 3.8) is 0 Å². The first-order chi connectivity index (χ1) is 11.5. The van der Waals surface area contributed by atoms with Crippen LogP contribution in [0.3, 0.4) is 0 Å². The molecular formula is C19H20BrF2NO. The molecule has 0 atom stereocenters. The van der Waals surface area contributed by atoms with Crippen LogP contribution in [-0.4, -0.2) is 23.9 Å². The van der Waals surface area contributed by atoms with Gasteiger partial charge in [-0.05, 0) is 17.7 Å². The minimum Gasteiger partial charge on any atom is -0.489 e. The van der Waals surface area contributed by atoms with Crippen molar-refractivity contribution in [1.29, 1.82) is 0 Å². The largest absolute Gasteiger partial charge is 0.489 e. The topological polar surface area (TPSA) is 12.5 Å². The minimum atomic E-state index is -2.52. The molecule has 0 bridgehead atoms. The number of hydrogen-bond donors (Lipinski definition) is 0. The van der Waals surface area contributed by atoms with Crippen LogP contribution >= 0.6 is 15.9 Å². The summed E-state index contributed by atoms with van der Waals surface area (Å²) in [5.41, 5.74) is 2.11. The Morgan fingerprint density at radius 3 is 2.42 bits per heavy atom. The first kappa shape index (κ1) is 17.4. The van der Waals surface area contributed by atoms with Gasteiger partial charge < -0.3 is 4.74 Å². The van der Waals surface area contributed by atoms with E-state index in [1.165, 1.54) is 0 Å². The lowest BCUT2D eigenvalue weighted by Crippen LogP contribution is -2.38. The van der Waals surface area contributed by atoms with Crippen LogP contribution in [0.4, 0.5) is 8.78 Å². The molecule has 0 amide bonds. The van der Waals surface area contributed by atoms with E-state index in [2.05, 4.69) is 20.8 Å². The minimum absolute atomic E-state index is 0.0718. The molecule has 2 nitrogen and oxygen atoms in total. The van der Waals surface area contributed by atoms with Crippen molar-refractivity contribution in [3.05, 3.63) is 64.1 Å². The number of likely N-dealkylation sites (tertiary alicyclic amines) is 1. The van der Waals surface area contributed by atoms with E-state index in [1.54, 1.807) is 0 Å². The number of rotatable bonds is 5. The predicted molar refractivity (Wildman–Crippen MR) is 94.4 cm³/mol. The van der Waals surface area contributed by atoms with Crippen LogP contribution in [0.25, 0.3) is 0 Å². The first-order valence-electron chi connectivity index (χ1n) is 8.08. The molecule has 1 saturated heterocycles. The van der Waals surface area contributed by atoms with E-state index < -0.39 is 5.92 Å². The van der Waals surface area contributed by atoms with Gasteiger partial charge in [-0.1, -0.05) is 52.3 Å². The summed E-state index contributed by atoms with van der Waals surface area (Å²) < 4.78 is 33.6. The van der Waals surface area contributed by atoms with Crippen LogP contribution in [0.1, 0.15) is 24.0 Å². The van der Waals surface area contributed by atoms with Crippen molar-refractivity contribution in [2.24, 2.45) is 0 Å². The fourth-order valence-corrected chi connectivity index (χ4v) is 3.30. The Kier molecular flexibility index (Phi) is 5.51. The Balaban J connectivity index is 1.68. The highest BCUT2D eigenvalue weighted by Crippen LogP contribution is 2.32. The Bertz CT molecular complexity index is 668. The van der Waals surface area contributed by atoms with Crippen molar-refractivity contribution in [3.8, 4) is 5.75 Å². The average Bonchev–Trinajstić information content (AvgIpc) is 2.58. The summed E-state index contributed by atoms with van der Waals surface area (Å²) >= 11 is 3.57. The number of ether oxygens (including phenoxy) is 1. The summed E-state index contributed by atoms with van der Waals surface area (Å²) in [5, 5.41) is 0. The van der Waals surface area contributed by atoms with Crippen LogP contribution in [0, 0.1) is 0 Å². The van der Waals surface area contributed by atoms with Crippen LogP contribution in [0.15, 0.2) is 53.0 Å². The molecule has 24 heavy (non-hydrogen) atoms. The number of hydrogen-bond acceptors (Lipinski definition) is 2. The van der Waals surface area contributed by atoms with E-state index in [9.17, 15) is 8.78 Å². The fourth-order valence-electron chi connectivity index (χ4n) is 2.82. The van der Waals surface area contributed by atoms with E-state index in [1.807, 2.05) is 48.5 Å². The van der Waals surface area contributed by atoms with Gasteiger partial charge in [0, 0.05) is 42.5 Å². The predicted octanol–water partition coefficient (Wildman–Crippen LogP) is 5.26. The molecule has 1 aliphatic rings. The highest BCUT2D eigenvalue weighted by atomic mass is 79.9. The van der Waals surface area contributed by atoms with Gasteiger partial charge in [-0.2, -0.15) is 0 Å². The number of alkyl halides is 2. The molecule has 1 heterocycles. The van der Waals surface area contributed by atoms with Crippen molar-refractivity contribution in [2.45, 2.75) is 31.9 Å². The second-order valence-electron chi connectivity index (χ2n) is 6.12. The molecule has 2 aromatic carbocycles. The Morgan fingerprint density at radius 1 is 1.00 bits per heavy atom. The zero-order valence-electron chi connectivity index (χ0n) is 13.4. The Labute approximate surface area is 149 Å². The molecule has 0 saturated carbocycles. The van der Waals surface area contributed by atoms with Gasteiger partial charge >= 0.3 is 0 Å². The normalized spacial score (nSPS) is 17.6. The quantitative estimate of drug-likeness (QED) is 0.684. The van der Waals surface area contributed by atoms with Gasteiger partial charge in [-0.3, -0.25) is 4.90 Å². The van der Waals surface area contributed by atoms with Gasteiger partial charge in [0.05, 0.1) is 0 Å². The first-order valence-corrected chi connectivity index (χ1v) is 8.87. The smallest absolute Gasteiger partial charge is 0.250 e. The third kappa shape index (κ3) is 4.54. The summed E-state index contributed by atoms with van der Waals surface area (Å²) in [7, 11) is 0. The molecule has 5 heteroatoms. The zero-order chi connectivity index (χ0) is 17.0. The third-order valence-electron chi connectivity index (χ3n) is 4.28. The third-order valence-corrected chi connectivity index (χ3v) is 5.03. The van der Waals surface area contributed by atoms with Crippen molar-refractivity contribution < 1.29 is 13.5 Å². The molecule has 128 valence electrons. The molecule has 0 spiro atoms. The van der Waals surface area contributed by atoms with Gasteiger partial charge in [-0.25, -0.2) is 8.78 Å². The molecule has 3 rings (SSSR count). The molecule has 1 fully saturated rings. The number of piperidine rings is 1. The van der Waals surface area contributed by atoms with Gasteiger partial charge in [0.25, 0.3) is 5.92 Å². The molecule has 0 radical (unpaired) electrons. The van der Waals surface area contributed by atoms with E-state index in [0.717, 1.165) is 21.3 Å².